The summed E-state index contributed by atoms with van der Waals surface area (Å²) in [6, 6.07) is 0. The van der Waals surface area contributed by atoms with Crippen molar-refractivity contribution in [2.45, 2.75) is 38.9 Å². The Balaban J connectivity index is 2.07. The SMILES string of the molecule is CC(C)[C@@H]1C=C[C@]2(C)O[C@H]2C1. The third kappa shape index (κ3) is 1.12. The van der Waals surface area contributed by atoms with Gasteiger partial charge < -0.3 is 4.74 Å². The van der Waals surface area contributed by atoms with Crippen molar-refractivity contribution in [2.24, 2.45) is 11.8 Å². The molecule has 1 nitrogen and oxygen atoms in total. The van der Waals surface area contributed by atoms with E-state index in [2.05, 4.69) is 32.9 Å². The van der Waals surface area contributed by atoms with Crippen LogP contribution in [-0.4, -0.2) is 11.7 Å². The van der Waals surface area contributed by atoms with Crippen molar-refractivity contribution in [3.05, 3.63) is 12.2 Å². The molecule has 1 aliphatic heterocycles. The van der Waals surface area contributed by atoms with Gasteiger partial charge in [0, 0.05) is 0 Å². The zero-order valence-corrected chi connectivity index (χ0v) is 7.50. The Hall–Kier alpha value is -0.300. The highest BCUT2D eigenvalue weighted by atomic mass is 16.6. The number of epoxide rings is 1. The Morgan fingerprint density at radius 1 is 1.55 bits per heavy atom. The largest absolute Gasteiger partial charge is 0.362 e. The van der Waals surface area contributed by atoms with Crippen molar-refractivity contribution >= 4 is 0 Å². The van der Waals surface area contributed by atoms with Crippen LogP contribution in [0.2, 0.25) is 0 Å². The number of allylic oxidation sites excluding steroid dienone is 1. The van der Waals surface area contributed by atoms with E-state index in [1.807, 2.05) is 0 Å². The molecule has 1 heteroatoms. The molecule has 2 rings (SSSR count). The summed E-state index contributed by atoms with van der Waals surface area (Å²) in [5, 5.41) is 0. The minimum Gasteiger partial charge on any atom is -0.362 e. The second kappa shape index (κ2) is 2.10. The monoisotopic (exact) mass is 152 g/mol. The van der Waals surface area contributed by atoms with Crippen LogP contribution in [0.25, 0.3) is 0 Å². The first kappa shape index (κ1) is 7.35. The van der Waals surface area contributed by atoms with Crippen LogP contribution in [0.1, 0.15) is 27.2 Å². The van der Waals surface area contributed by atoms with Crippen LogP contribution >= 0.6 is 0 Å². The first-order valence-corrected chi connectivity index (χ1v) is 4.49. The average molecular weight is 152 g/mol. The van der Waals surface area contributed by atoms with Gasteiger partial charge in [0.15, 0.2) is 0 Å². The zero-order valence-electron chi connectivity index (χ0n) is 7.50. The molecule has 0 radical (unpaired) electrons. The Kier molecular flexibility index (Phi) is 1.40. The van der Waals surface area contributed by atoms with E-state index in [1.165, 1.54) is 6.42 Å². The Labute approximate surface area is 68.4 Å². The fourth-order valence-corrected chi connectivity index (χ4v) is 1.84. The van der Waals surface area contributed by atoms with Crippen molar-refractivity contribution in [1.29, 1.82) is 0 Å². The maximum absolute atomic E-state index is 5.56. The van der Waals surface area contributed by atoms with Crippen molar-refractivity contribution in [2.75, 3.05) is 0 Å². The van der Waals surface area contributed by atoms with Crippen molar-refractivity contribution < 1.29 is 4.74 Å². The molecule has 1 heterocycles. The van der Waals surface area contributed by atoms with Gasteiger partial charge >= 0.3 is 0 Å². The summed E-state index contributed by atoms with van der Waals surface area (Å²) in [5.41, 5.74) is 0.130. The summed E-state index contributed by atoms with van der Waals surface area (Å²) < 4.78 is 5.56. The molecule has 1 aliphatic carbocycles. The molecule has 11 heavy (non-hydrogen) atoms. The Morgan fingerprint density at radius 3 is 2.82 bits per heavy atom. The number of hydrogen-bond acceptors (Lipinski definition) is 1. The molecule has 0 aromatic rings. The average Bonchev–Trinajstić information content (AvgIpc) is 2.58. The van der Waals surface area contributed by atoms with Crippen LogP contribution in [-0.2, 0) is 4.74 Å². The van der Waals surface area contributed by atoms with E-state index in [1.54, 1.807) is 0 Å². The molecule has 62 valence electrons. The van der Waals surface area contributed by atoms with Gasteiger partial charge in [0.05, 0.1) is 6.10 Å². The molecule has 0 unspecified atom stereocenters. The normalized spacial score (nSPS) is 47.6. The van der Waals surface area contributed by atoms with Crippen LogP contribution in [0.3, 0.4) is 0 Å². The quantitative estimate of drug-likeness (QED) is 0.415. The molecule has 0 saturated carbocycles. The van der Waals surface area contributed by atoms with E-state index in [0.29, 0.717) is 6.10 Å². The van der Waals surface area contributed by atoms with Gasteiger partial charge in [0.25, 0.3) is 0 Å². The highest BCUT2D eigenvalue weighted by molar-refractivity contribution is 5.20. The second-order valence-corrected chi connectivity index (χ2v) is 4.29. The van der Waals surface area contributed by atoms with Gasteiger partial charge in [-0.05, 0) is 25.2 Å². The molecule has 0 amide bonds. The van der Waals surface area contributed by atoms with Crippen molar-refractivity contribution in [1.82, 2.24) is 0 Å². The van der Waals surface area contributed by atoms with E-state index >= 15 is 0 Å². The topological polar surface area (TPSA) is 12.5 Å². The van der Waals surface area contributed by atoms with Crippen molar-refractivity contribution in [3.63, 3.8) is 0 Å². The van der Waals surface area contributed by atoms with Gasteiger partial charge in [-0.25, -0.2) is 0 Å². The van der Waals surface area contributed by atoms with Gasteiger partial charge in [-0.3, -0.25) is 0 Å². The first-order valence-electron chi connectivity index (χ1n) is 4.49. The van der Waals surface area contributed by atoms with Crippen LogP contribution in [0.15, 0.2) is 12.2 Å². The minimum absolute atomic E-state index is 0.130. The van der Waals surface area contributed by atoms with Crippen LogP contribution in [0.5, 0.6) is 0 Å². The van der Waals surface area contributed by atoms with E-state index < -0.39 is 0 Å². The fourth-order valence-electron chi connectivity index (χ4n) is 1.84. The van der Waals surface area contributed by atoms with Gasteiger partial charge in [0.2, 0.25) is 0 Å². The molecular formula is C10H16O. The van der Waals surface area contributed by atoms with E-state index in [4.69, 9.17) is 4.74 Å². The molecule has 0 aromatic carbocycles. The van der Waals surface area contributed by atoms with Gasteiger partial charge in [0.1, 0.15) is 5.60 Å². The molecule has 1 fully saturated rings. The van der Waals surface area contributed by atoms with E-state index in [9.17, 15) is 0 Å². The highest BCUT2D eigenvalue weighted by Gasteiger charge is 2.52. The second-order valence-electron chi connectivity index (χ2n) is 4.29. The lowest BCUT2D eigenvalue weighted by atomic mass is 9.83. The van der Waals surface area contributed by atoms with Gasteiger partial charge in [-0.1, -0.05) is 26.0 Å². The summed E-state index contributed by atoms with van der Waals surface area (Å²) in [5.74, 6) is 1.51. The summed E-state index contributed by atoms with van der Waals surface area (Å²) in [7, 11) is 0. The predicted octanol–water partition coefficient (Wildman–Crippen LogP) is 2.38. The minimum atomic E-state index is 0.130. The number of fused-ring (bicyclic) bond motifs is 1. The Bertz CT molecular complexity index is 195. The lowest BCUT2D eigenvalue weighted by molar-refractivity contribution is 0.324. The molecular weight excluding hydrogens is 136 g/mol. The molecule has 2 aliphatic rings. The van der Waals surface area contributed by atoms with Crippen LogP contribution in [0.4, 0.5) is 0 Å². The first-order chi connectivity index (χ1) is 5.12. The molecule has 0 N–H and O–H groups in total. The fraction of sp³-hybridized carbons (Fsp3) is 0.800. The number of rotatable bonds is 1. The zero-order chi connectivity index (χ0) is 8.06. The molecule has 1 saturated heterocycles. The molecule has 3 atom stereocenters. The third-order valence-electron chi connectivity index (χ3n) is 3.00. The van der Waals surface area contributed by atoms with E-state index in [0.717, 1.165) is 11.8 Å². The summed E-state index contributed by atoms with van der Waals surface area (Å²) in [6.07, 6.45) is 6.32. The van der Waals surface area contributed by atoms with Gasteiger partial charge in [-0.15, -0.1) is 0 Å². The van der Waals surface area contributed by atoms with E-state index in [-0.39, 0.29) is 5.60 Å². The summed E-state index contributed by atoms with van der Waals surface area (Å²) >= 11 is 0. The smallest absolute Gasteiger partial charge is 0.110 e. The summed E-state index contributed by atoms with van der Waals surface area (Å²) in [6.45, 7) is 6.73. The lowest BCUT2D eigenvalue weighted by Crippen LogP contribution is -2.18. The maximum Gasteiger partial charge on any atom is 0.110 e. The molecule has 0 spiro atoms. The number of hydrogen-bond donors (Lipinski definition) is 0. The predicted molar refractivity (Wildman–Crippen MR) is 45.4 cm³/mol. The van der Waals surface area contributed by atoms with Crippen LogP contribution < -0.4 is 0 Å². The summed E-state index contributed by atoms with van der Waals surface area (Å²) in [4.78, 5) is 0. The Morgan fingerprint density at radius 2 is 2.27 bits per heavy atom. The van der Waals surface area contributed by atoms with Gasteiger partial charge in [-0.2, -0.15) is 0 Å². The van der Waals surface area contributed by atoms with Crippen molar-refractivity contribution in [3.8, 4) is 0 Å². The molecule has 0 bridgehead atoms. The maximum atomic E-state index is 5.56. The highest BCUT2D eigenvalue weighted by Crippen LogP contribution is 2.46. The third-order valence-corrected chi connectivity index (χ3v) is 3.00. The standard InChI is InChI=1S/C10H16O/c1-7(2)8-4-5-10(3)9(6-8)11-10/h4-5,7-9H,6H2,1-3H3/t8-,9+,10+/m1/s1. The number of ether oxygens (including phenoxy) is 1. The molecule has 0 aromatic heterocycles. The van der Waals surface area contributed by atoms with Crippen LogP contribution in [0, 0.1) is 11.8 Å². The lowest BCUT2D eigenvalue weighted by Gasteiger charge is -2.19.